The van der Waals surface area contributed by atoms with Gasteiger partial charge in [0.15, 0.2) is 5.78 Å². The lowest BCUT2D eigenvalue weighted by molar-refractivity contribution is -0.118. The van der Waals surface area contributed by atoms with Crippen molar-refractivity contribution in [1.29, 1.82) is 0 Å². The van der Waals surface area contributed by atoms with Gasteiger partial charge in [0.25, 0.3) is 0 Å². The van der Waals surface area contributed by atoms with E-state index in [1.165, 1.54) is 11.1 Å². The minimum Gasteiger partial charge on any atom is -0.312 e. The van der Waals surface area contributed by atoms with Crippen molar-refractivity contribution >= 4 is 17.4 Å². The summed E-state index contributed by atoms with van der Waals surface area (Å²) in [5, 5.41) is 0. The molecule has 0 spiro atoms. The van der Waals surface area contributed by atoms with Crippen molar-refractivity contribution in [2.24, 2.45) is 0 Å². The molecule has 0 aliphatic carbocycles. The van der Waals surface area contributed by atoms with Gasteiger partial charge in [-0.05, 0) is 38.3 Å². The number of benzene rings is 2. The summed E-state index contributed by atoms with van der Waals surface area (Å²) in [5.74, 6) is 0.0738. The zero-order valence-corrected chi connectivity index (χ0v) is 14.3. The highest BCUT2D eigenvalue weighted by molar-refractivity contribution is 6.01. The molecule has 2 aromatic rings. The van der Waals surface area contributed by atoms with E-state index in [1.54, 1.807) is 0 Å². The van der Waals surface area contributed by atoms with Crippen molar-refractivity contribution in [2.75, 3.05) is 11.4 Å². The Balaban J connectivity index is 1.66. The third-order valence-corrected chi connectivity index (χ3v) is 4.59. The van der Waals surface area contributed by atoms with Gasteiger partial charge in [-0.1, -0.05) is 47.5 Å². The smallest absolute Gasteiger partial charge is 0.227 e. The number of Topliss-reactive ketones (excluding diaryl/α,β-unsaturated/α-hetero) is 1. The van der Waals surface area contributed by atoms with E-state index in [4.69, 9.17) is 0 Å². The fourth-order valence-corrected chi connectivity index (χ4v) is 3.22. The first-order valence-corrected chi connectivity index (χ1v) is 8.54. The van der Waals surface area contributed by atoms with Crippen molar-refractivity contribution in [1.82, 2.24) is 0 Å². The van der Waals surface area contributed by atoms with E-state index in [-0.39, 0.29) is 24.5 Å². The molecule has 1 aliphatic heterocycles. The standard InChI is InChI=1S/C21H23NO2/c1-15-5-8-17(9-6-15)20(23)11-12-21(24)22-13-3-4-18-14-16(2)7-10-19(18)22/h5-10,14H,3-4,11-13H2,1-2H3. The number of hydrogen-bond acceptors (Lipinski definition) is 2. The zero-order chi connectivity index (χ0) is 17.1. The molecule has 2 aromatic carbocycles. The highest BCUT2D eigenvalue weighted by Gasteiger charge is 2.22. The van der Waals surface area contributed by atoms with E-state index in [2.05, 4.69) is 13.0 Å². The second-order valence-corrected chi connectivity index (χ2v) is 6.57. The number of amides is 1. The van der Waals surface area contributed by atoms with Gasteiger partial charge in [-0.2, -0.15) is 0 Å². The molecule has 0 fully saturated rings. The van der Waals surface area contributed by atoms with Crippen LogP contribution in [-0.2, 0) is 11.2 Å². The average Bonchev–Trinajstić information content (AvgIpc) is 2.59. The number of anilines is 1. The number of ketones is 1. The summed E-state index contributed by atoms with van der Waals surface area (Å²) in [6.45, 7) is 4.81. The summed E-state index contributed by atoms with van der Waals surface area (Å²) in [6, 6.07) is 13.8. The lowest BCUT2D eigenvalue weighted by atomic mass is 9.98. The molecule has 0 unspecified atom stereocenters. The summed E-state index contributed by atoms with van der Waals surface area (Å²) in [4.78, 5) is 26.7. The van der Waals surface area contributed by atoms with Crippen molar-refractivity contribution in [3.05, 3.63) is 64.7 Å². The minimum atomic E-state index is 0.0319. The monoisotopic (exact) mass is 321 g/mol. The first-order valence-electron chi connectivity index (χ1n) is 8.54. The predicted octanol–water partition coefficient (Wildman–Crippen LogP) is 4.25. The van der Waals surface area contributed by atoms with Crippen LogP contribution >= 0.6 is 0 Å². The van der Waals surface area contributed by atoms with E-state index < -0.39 is 0 Å². The van der Waals surface area contributed by atoms with Crippen molar-refractivity contribution in [3.63, 3.8) is 0 Å². The molecule has 3 rings (SSSR count). The first-order chi connectivity index (χ1) is 11.5. The van der Waals surface area contributed by atoms with Gasteiger partial charge >= 0.3 is 0 Å². The molecular weight excluding hydrogens is 298 g/mol. The fourth-order valence-electron chi connectivity index (χ4n) is 3.22. The Morgan fingerprint density at radius 1 is 0.958 bits per heavy atom. The maximum absolute atomic E-state index is 12.6. The third-order valence-electron chi connectivity index (χ3n) is 4.59. The van der Waals surface area contributed by atoms with Crippen LogP contribution in [0.2, 0.25) is 0 Å². The number of aryl methyl sites for hydroxylation is 3. The van der Waals surface area contributed by atoms with Crippen LogP contribution < -0.4 is 4.90 Å². The lowest BCUT2D eigenvalue weighted by Gasteiger charge is -2.29. The van der Waals surface area contributed by atoms with Gasteiger partial charge in [-0.25, -0.2) is 0 Å². The summed E-state index contributed by atoms with van der Waals surface area (Å²) in [6.07, 6.45) is 2.52. The van der Waals surface area contributed by atoms with Crippen LogP contribution in [0.1, 0.15) is 46.3 Å². The molecule has 0 radical (unpaired) electrons. The van der Waals surface area contributed by atoms with Crippen LogP contribution in [0.15, 0.2) is 42.5 Å². The van der Waals surface area contributed by atoms with E-state index >= 15 is 0 Å². The van der Waals surface area contributed by atoms with Crippen LogP contribution in [0, 0.1) is 13.8 Å². The van der Waals surface area contributed by atoms with Gasteiger partial charge in [0.1, 0.15) is 0 Å². The summed E-state index contributed by atoms with van der Waals surface area (Å²) in [5.41, 5.74) is 5.28. The number of nitrogens with zero attached hydrogens (tertiary/aromatic N) is 1. The quantitative estimate of drug-likeness (QED) is 0.790. The van der Waals surface area contributed by atoms with E-state index in [9.17, 15) is 9.59 Å². The maximum atomic E-state index is 12.6. The summed E-state index contributed by atoms with van der Waals surface area (Å²) < 4.78 is 0. The summed E-state index contributed by atoms with van der Waals surface area (Å²) >= 11 is 0. The molecule has 0 N–H and O–H groups in total. The van der Waals surface area contributed by atoms with Crippen LogP contribution in [0.25, 0.3) is 0 Å². The number of rotatable bonds is 4. The second-order valence-electron chi connectivity index (χ2n) is 6.57. The molecule has 3 nitrogen and oxygen atoms in total. The molecule has 3 heteroatoms. The van der Waals surface area contributed by atoms with Crippen molar-refractivity contribution < 1.29 is 9.59 Å². The van der Waals surface area contributed by atoms with E-state index in [0.29, 0.717) is 5.56 Å². The maximum Gasteiger partial charge on any atom is 0.227 e. The minimum absolute atomic E-state index is 0.0319. The van der Waals surface area contributed by atoms with Gasteiger partial charge < -0.3 is 4.90 Å². The molecular formula is C21H23NO2. The Bertz CT molecular complexity index is 762. The number of fused-ring (bicyclic) bond motifs is 1. The molecule has 0 saturated heterocycles. The molecule has 1 amide bonds. The molecule has 24 heavy (non-hydrogen) atoms. The third kappa shape index (κ3) is 3.56. The number of carbonyl (C=O) groups excluding carboxylic acids is 2. The van der Waals surface area contributed by atoms with Crippen molar-refractivity contribution in [3.8, 4) is 0 Å². The molecule has 0 atom stereocenters. The van der Waals surface area contributed by atoms with Gasteiger partial charge in [-0.3, -0.25) is 9.59 Å². The molecule has 0 saturated carbocycles. The highest BCUT2D eigenvalue weighted by Crippen LogP contribution is 2.28. The average molecular weight is 321 g/mol. The van der Waals surface area contributed by atoms with Gasteiger partial charge in [0.2, 0.25) is 5.91 Å². The summed E-state index contributed by atoms with van der Waals surface area (Å²) in [7, 11) is 0. The van der Waals surface area contributed by atoms with Crippen LogP contribution in [0.3, 0.4) is 0 Å². The zero-order valence-electron chi connectivity index (χ0n) is 14.3. The Kier molecular flexibility index (Phi) is 4.79. The van der Waals surface area contributed by atoms with Crippen molar-refractivity contribution in [2.45, 2.75) is 39.5 Å². The topological polar surface area (TPSA) is 37.4 Å². The largest absolute Gasteiger partial charge is 0.312 e. The number of carbonyl (C=O) groups is 2. The van der Waals surface area contributed by atoms with Gasteiger partial charge in [-0.15, -0.1) is 0 Å². The Labute approximate surface area is 143 Å². The SMILES string of the molecule is Cc1ccc(C(=O)CCC(=O)N2CCCc3cc(C)ccc32)cc1. The Hall–Kier alpha value is -2.42. The predicted molar refractivity (Wildman–Crippen MR) is 96.6 cm³/mol. The van der Waals surface area contributed by atoms with E-state index in [0.717, 1.165) is 30.6 Å². The van der Waals surface area contributed by atoms with Gasteiger partial charge in [0.05, 0.1) is 0 Å². The lowest BCUT2D eigenvalue weighted by Crippen LogP contribution is -2.35. The van der Waals surface area contributed by atoms with Crippen LogP contribution in [0.4, 0.5) is 5.69 Å². The Morgan fingerprint density at radius 2 is 1.67 bits per heavy atom. The van der Waals surface area contributed by atoms with E-state index in [1.807, 2.05) is 48.2 Å². The number of hydrogen-bond donors (Lipinski definition) is 0. The van der Waals surface area contributed by atoms with Gasteiger partial charge in [0, 0.05) is 30.6 Å². The molecule has 1 aliphatic rings. The van der Waals surface area contributed by atoms with Crippen LogP contribution in [0.5, 0.6) is 0 Å². The molecule has 124 valence electrons. The normalized spacial score (nSPS) is 13.5. The second kappa shape index (κ2) is 7.00. The fraction of sp³-hybridized carbons (Fsp3) is 0.333. The molecule has 1 heterocycles. The Morgan fingerprint density at radius 3 is 2.42 bits per heavy atom. The van der Waals surface area contributed by atoms with Crippen LogP contribution in [-0.4, -0.2) is 18.2 Å². The first kappa shape index (κ1) is 16.4. The molecule has 0 bridgehead atoms. The molecule has 0 aromatic heterocycles. The highest BCUT2D eigenvalue weighted by atomic mass is 16.2.